The molecule has 0 radical (unpaired) electrons. The highest BCUT2D eigenvalue weighted by Crippen LogP contribution is 2.36. The summed E-state index contributed by atoms with van der Waals surface area (Å²) in [5.41, 5.74) is 1.26. The molecule has 0 spiro atoms. The predicted octanol–water partition coefficient (Wildman–Crippen LogP) is 3.79. The Hall–Kier alpha value is -1.74. The number of anilines is 1. The minimum atomic E-state index is -3.70. The van der Waals surface area contributed by atoms with E-state index >= 15 is 0 Å². The number of benzene rings is 2. The zero-order chi connectivity index (χ0) is 19.3. The molecule has 0 bridgehead atoms. The van der Waals surface area contributed by atoms with Gasteiger partial charge in [0.1, 0.15) is 0 Å². The number of hydrogen-bond acceptors (Lipinski definition) is 4. The van der Waals surface area contributed by atoms with Gasteiger partial charge in [-0.05, 0) is 42.5 Å². The van der Waals surface area contributed by atoms with Crippen molar-refractivity contribution < 1.29 is 16.8 Å². The van der Waals surface area contributed by atoms with Crippen LogP contribution in [0, 0.1) is 0 Å². The lowest BCUT2D eigenvalue weighted by Crippen LogP contribution is -2.13. The van der Waals surface area contributed by atoms with Gasteiger partial charge in [-0.3, -0.25) is 4.72 Å². The SMILES string of the molecule is CS(=O)(=O)Nc1ccc(Cl)cc1-c1cc2cc(Cl)ccc2n1S(C)(=O)=O. The third-order valence-corrected chi connectivity index (χ3v) is 5.72. The van der Waals surface area contributed by atoms with Gasteiger partial charge in [-0.1, -0.05) is 23.2 Å². The summed E-state index contributed by atoms with van der Waals surface area (Å²) < 4.78 is 51.7. The second-order valence-corrected chi connectivity index (χ2v) is 10.3. The fourth-order valence-corrected chi connectivity index (χ4v) is 4.69. The van der Waals surface area contributed by atoms with Crippen molar-refractivity contribution in [2.75, 3.05) is 17.2 Å². The molecular formula is C16H14Cl2N2O4S2. The van der Waals surface area contributed by atoms with E-state index in [-0.39, 0.29) is 11.4 Å². The van der Waals surface area contributed by atoms with Crippen LogP contribution in [0.4, 0.5) is 5.69 Å². The molecule has 0 aliphatic rings. The zero-order valence-corrected chi connectivity index (χ0v) is 16.8. The van der Waals surface area contributed by atoms with Gasteiger partial charge in [0.2, 0.25) is 20.0 Å². The Balaban J connectivity index is 2.41. The van der Waals surface area contributed by atoms with Crippen molar-refractivity contribution in [1.29, 1.82) is 0 Å². The molecule has 0 saturated carbocycles. The summed E-state index contributed by atoms with van der Waals surface area (Å²) in [5, 5.41) is 1.39. The Morgan fingerprint density at radius 2 is 1.50 bits per heavy atom. The quantitative estimate of drug-likeness (QED) is 0.679. The lowest BCUT2D eigenvalue weighted by Gasteiger charge is -2.14. The van der Waals surface area contributed by atoms with Crippen LogP contribution in [0.5, 0.6) is 0 Å². The predicted molar refractivity (Wildman–Crippen MR) is 106 cm³/mol. The molecule has 3 rings (SSSR count). The normalized spacial score (nSPS) is 12.5. The first-order valence-corrected chi connectivity index (χ1v) is 11.7. The molecule has 138 valence electrons. The third kappa shape index (κ3) is 3.83. The number of aromatic nitrogens is 1. The van der Waals surface area contributed by atoms with Gasteiger partial charge in [0, 0.05) is 21.0 Å². The van der Waals surface area contributed by atoms with Crippen molar-refractivity contribution in [1.82, 2.24) is 3.97 Å². The fourth-order valence-electron chi connectivity index (χ4n) is 2.72. The average molecular weight is 433 g/mol. The Morgan fingerprint density at radius 3 is 2.12 bits per heavy atom. The molecule has 3 aromatic rings. The summed E-state index contributed by atoms with van der Waals surface area (Å²) in [6.45, 7) is 0. The van der Waals surface area contributed by atoms with Crippen molar-refractivity contribution in [2.45, 2.75) is 0 Å². The van der Waals surface area contributed by atoms with Crippen LogP contribution < -0.4 is 4.72 Å². The summed E-state index contributed by atoms with van der Waals surface area (Å²) in [6.07, 6.45) is 2.08. The Labute approximate surface area is 161 Å². The molecule has 26 heavy (non-hydrogen) atoms. The topological polar surface area (TPSA) is 85.2 Å². The Kier molecular flexibility index (Phi) is 4.72. The van der Waals surface area contributed by atoms with E-state index in [9.17, 15) is 16.8 Å². The molecule has 1 N–H and O–H groups in total. The lowest BCUT2D eigenvalue weighted by molar-refractivity contribution is 0.595. The summed E-state index contributed by atoms with van der Waals surface area (Å²) in [4.78, 5) is 0. The minimum Gasteiger partial charge on any atom is -0.283 e. The van der Waals surface area contributed by atoms with Gasteiger partial charge in [-0.15, -0.1) is 0 Å². The van der Waals surface area contributed by atoms with Crippen LogP contribution in [0.25, 0.3) is 22.2 Å². The summed E-state index contributed by atoms with van der Waals surface area (Å²) in [5.74, 6) is 0. The number of nitrogens with one attached hydrogen (secondary N) is 1. The second-order valence-electron chi connectivity index (χ2n) is 5.82. The number of nitrogens with zero attached hydrogens (tertiary/aromatic N) is 1. The second kappa shape index (κ2) is 6.45. The van der Waals surface area contributed by atoms with Crippen molar-refractivity contribution in [3.05, 3.63) is 52.5 Å². The van der Waals surface area contributed by atoms with E-state index in [0.717, 1.165) is 16.5 Å². The third-order valence-electron chi connectivity index (χ3n) is 3.60. The van der Waals surface area contributed by atoms with Crippen LogP contribution in [-0.2, 0) is 20.0 Å². The highest BCUT2D eigenvalue weighted by Gasteiger charge is 2.21. The molecule has 0 saturated heterocycles. The van der Waals surface area contributed by atoms with Gasteiger partial charge >= 0.3 is 0 Å². The van der Waals surface area contributed by atoms with Crippen LogP contribution in [0.3, 0.4) is 0 Å². The van der Waals surface area contributed by atoms with E-state index in [1.807, 2.05) is 0 Å². The lowest BCUT2D eigenvalue weighted by atomic mass is 10.1. The van der Waals surface area contributed by atoms with E-state index in [4.69, 9.17) is 23.2 Å². The minimum absolute atomic E-state index is 0.218. The van der Waals surface area contributed by atoms with Gasteiger partial charge in [0.25, 0.3) is 0 Å². The first-order valence-electron chi connectivity index (χ1n) is 7.25. The average Bonchev–Trinajstić information content (AvgIpc) is 2.86. The van der Waals surface area contributed by atoms with Crippen LogP contribution in [-0.4, -0.2) is 33.3 Å². The van der Waals surface area contributed by atoms with Crippen molar-refractivity contribution in [3.63, 3.8) is 0 Å². The van der Waals surface area contributed by atoms with Crippen LogP contribution in [0.1, 0.15) is 0 Å². The molecule has 0 aliphatic heterocycles. The highest BCUT2D eigenvalue weighted by atomic mass is 35.5. The zero-order valence-electron chi connectivity index (χ0n) is 13.7. The summed E-state index contributed by atoms with van der Waals surface area (Å²) in [6, 6.07) is 10.9. The maximum absolute atomic E-state index is 12.4. The number of sulfonamides is 1. The van der Waals surface area contributed by atoms with Gasteiger partial charge in [0.05, 0.1) is 29.4 Å². The first kappa shape index (κ1) is 19.0. The molecule has 0 amide bonds. The molecule has 10 heteroatoms. The van der Waals surface area contributed by atoms with Crippen LogP contribution >= 0.6 is 23.2 Å². The molecule has 0 fully saturated rings. The number of hydrogen-bond donors (Lipinski definition) is 1. The smallest absolute Gasteiger partial charge is 0.236 e. The van der Waals surface area contributed by atoms with Gasteiger partial charge in [0.15, 0.2) is 0 Å². The van der Waals surface area contributed by atoms with E-state index in [0.29, 0.717) is 26.5 Å². The van der Waals surface area contributed by atoms with Gasteiger partial charge < -0.3 is 0 Å². The maximum Gasteiger partial charge on any atom is 0.236 e. The van der Waals surface area contributed by atoms with E-state index in [1.54, 1.807) is 24.3 Å². The van der Waals surface area contributed by atoms with Crippen molar-refractivity contribution >= 4 is 59.8 Å². The first-order chi connectivity index (χ1) is 12.0. The summed E-state index contributed by atoms with van der Waals surface area (Å²) in [7, 11) is -7.28. The fraction of sp³-hybridized carbons (Fsp3) is 0.125. The molecule has 0 aliphatic carbocycles. The number of halogens is 2. The molecule has 0 unspecified atom stereocenters. The van der Waals surface area contributed by atoms with Crippen LogP contribution in [0.2, 0.25) is 10.0 Å². The molecule has 1 heterocycles. The Morgan fingerprint density at radius 1 is 0.885 bits per heavy atom. The van der Waals surface area contributed by atoms with Crippen molar-refractivity contribution in [2.24, 2.45) is 0 Å². The maximum atomic E-state index is 12.4. The van der Waals surface area contributed by atoms with Crippen LogP contribution in [0.15, 0.2) is 42.5 Å². The monoisotopic (exact) mass is 432 g/mol. The molecule has 2 aromatic carbocycles. The van der Waals surface area contributed by atoms with E-state index < -0.39 is 20.0 Å². The van der Waals surface area contributed by atoms with Gasteiger partial charge in [-0.2, -0.15) is 0 Å². The van der Waals surface area contributed by atoms with Gasteiger partial charge in [-0.25, -0.2) is 20.8 Å². The molecular weight excluding hydrogens is 419 g/mol. The molecule has 1 aromatic heterocycles. The Bertz CT molecular complexity index is 1230. The largest absolute Gasteiger partial charge is 0.283 e. The molecule has 0 atom stereocenters. The van der Waals surface area contributed by atoms with E-state index in [2.05, 4.69) is 4.72 Å². The molecule has 6 nitrogen and oxygen atoms in total. The number of fused-ring (bicyclic) bond motifs is 1. The highest BCUT2D eigenvalue weighted by molar-refractivity contribution is 7.92. The standard InChI is InChI=1S/C16H14Cl2N2O4S2/c1-25(21,22)19-14-5-3-12(18)9-13(14)16-8-10-7-11(17)4-6-15(10)20(16)26(2,23)24/h3-9,19H,1-2H3. The van der Waals surface area contributed by atoms with E-state index in [1.165, 1.54) is 18.2 Å². The number of rotatable bonds is 4. The summed E-state index contributed by atoms with van der Waals surface area (Å²) >= 11 is 12.1. The van der Waals surface area contributed by atoms with Crippen molar-refractivity contribution in [3.8, 4) is 11.3 Å².